The number of nitrogens with zero attached hydrogens (tertiary/aromatic N) is 5. The summed E-state index contributed by atoms with van der Waals surface area (Å²) in [6, 6.07) is 7.59. The number of nitrogens with one attached hydrogen (secondary N) is 2. The van der Waals surface area contributed by atoms with E-state index in [0.29, 0.717) is 29.5 Å². The number of aromatic nitrogens is 4. The van der Waals surface area contributed by atoms with Crippen LogP contribution in [-0.2, 0) is 9.53 Å². The van der Waals surface area contributed by atoms with Gasteiger partial charge in [-0.2, -0.15) is 5.10 Å². The molecule has 0 unspecified atom stereocenters. The molecule has 1 fully saturated rings. The molecule has 5 rings (SSSR count). The summed E-state index contributed by atoms with van der Waals surface area (Å²) < 4.78 is 7.22. The number of ketones is 1. The Morgan fingerprint density at radius 3 is 2.77 bits per heavy atom. The van der Waals surface area contributed by atoms with Crippen LogP contribution in [0, 0.1) is 12.8 Å². The zero-order chi connectivity index (χ0) is 24.7. The van der Waals surface area contributed by atoms with Gasteiger partial charge in [0.15, 0.2) is 11.6 Å². The van der Waals surface area contributed by atoms with E-state index >= 15 is 0 Å². The molecular formula is C25H29N7O3. The van der Waals surface area contributed by atoms with Crippen molar-refractivity contribution in [1.82, 2.24) is 19.7 Å². The smallest absolute Gasteiger partial charge is 0.228 e. The molecule has 10 heteroatoms. The van der Waals surface area contributed by atoms with Crippen molar-refractivity contribution in [2.45, 2.75) is 39.7 Å². The highest BCUT2D eigenvalue weighted by Gasteiger charge is 2.32. The van der Waals surface area contributed by atoms with Crippen molar-refractivity contribution in [3.63, 3.8) is 0 Å². The molecule has 0 spiro atoms. The fraction of sp³-hybridized carbons (Fsp3) is 0.400. The molecule has 0 radical (unpaired) electrons. The molecule has 1 saturated carbocycles. The number of pyridine rings is 1. The fourth-order valence-corrected chi connectivity index (χ4v) is 4.26. The topological polar surface area (TPSA) is 114 Å². The first kappa shape index (κ1) is 23.0. The summed E-state index contributed by atoms with van der Waals surface area (Å²) in [6.07, 6.45) is 3.28. The summed E-state index contributed by atoms with van der Waals surface area (Å²) >= 11 is 0. The number of carbonyl (C=O) groups is 2. The largest absolute Gasteiger partial charge is 0.374 e. The number of anilines is 4. The lowest BCUT2D eigenvalue weighted by Gasteiger charge is -2.35. The molecule has 1 amide bonds. The Kier molecular flexibility index (Phi) is 5.98. The number of hydrogen-bond acceptors (Lipinski definition) is 8. The second-order valence-corrected chi connectivity index (χ2v) is 8.95. The minimum atomic E-state index is -0.192. The predicted molar refractivity (Wildman–Crippen MR) is 133 cm³/mol. The molecule has 1 aromatic carbocycles. The van der Waals surface area contributed by atoms with Crippen molar-refractivity contribution < 1.29 is 14.3 Å². The molecule has 2 aromatic heterocycles. The van der Waals surface area contributed by atoms with Crippen LogP contribution < -0.4 is 15.5 Å². The van der Waals surface area contributed by atoms with Crippen LogP contribution in [0.3, 0.4) is 0 Å². The molecular weight excluding hydrogens is 446 g/mol. The maximum absolute atomic E-state index is 12.9. The summed E-state index contributed by atoms with van der Waals surface area (Å²) in [6.45, 7) is 6.19. The standard InChI is InChI=1S/C25H29N7O3/c1-5-35-13-21(33)17-12-26-22(29-25(34)16-9-10-16)11-19(17)28-18-7-6-8-20-23(18)31(4)14(2)24-27-15(3)30-32(20)24/h6-8,11-12,14,16H,5,9-10,13H2,1-4H3,(H2,26,28,29,34)/t14-/m0/s1. The number of para-hydroxylation sites is 1. The number of rotatable bonds is 8. The van der Waals surface area contributed by atoms with Crippen LogP contribution in [-0.4, -0.2) is 51.7 Å². The number of amides is 1. The third-order valence-corrected chi connectivity index (χ3v) is 6.40. The number of fused-ring (bicyclic) bond motifs is 3. The second kappa shape index (κ2) is 9.10. The van der Waals surface area contributed by atoms with Gasteiger partial charge in [-0.05, 0) is 45.7 Å². The average molecular weight is 476 g/mol. The van der Waals surface area contributed by atoms with Crippen LogP contribution in [0.5, 0.6) is 0 Å². The van der Waals surface area contributed by atoms with Crippen molar-refractivity contribution in [2.24, 2.45) is 5.92 Å². The van der Waals surface area contributed by atoms with Crippen molar-refractivity contribution >= 4 is 34.6 Å². The number of benzene rings is 1. The summed E-state index contributed by atoms with van der Waals surface area (Å²) in [7, 11) is 2.01. The fourth-order valence-electron chi connectivity index (χ4n) is 4.26. The van der Waals surface area contributed by atoms with Gasteiger partial charge in [-0.15, -0.1) is 0 Å². The minimum absolute atomic E-state index is 0.00321. The Balaban J connectivity index is 1.55. The minimum Gasteiger partial charge on any atom is -0.374 e. The predicted octanol–water partition coefficient (Wildman–Crippen LogP) is 3.79. The molecule has 1 atom stereocenters. The summed E-state index contributed by atoms with van der Waals surface area (Å²) in [5, 5.41) is 10.9. The van der Waals surface area contributed by atoms with Gasteiger partial charge in [-0.3, -0.25) is 9.59 Å². The Labute approximate surface area is 203 Å². The van der Waals surface area contributed by atoms with Crippen LogP contribution in [0.15, 0.2) is 30.5 Å². The van der Waals surface area contributed by atoms with Crippen LogP contribution in [0.1, 0.15) is 54.7 Å². The SMILES string of the molecule is CCOCC(=O)c1cnc(NC(=O)C2CC2)cc1Nc1cccc2c1N(C)[C@@H](C)c1nc(C)nn1-2. The third kappa shape index (κ3) is 4.37. The van der Waals surface area contributed by atoms with E-state index in [9.17, 15) is 9.59 Å². The lowest BCUT2D eigenvalue weighted by molar-refractivity contribution is -0.117. The number of carbonyl (C=O) groups excluding carboxylic acids is 2. The molecule has 3 heterocycles. The molecule has 35 heavy (non-hydrogen) atoms. The van der Waals surface area contributed by atoms with Gasteiger partial charge in [-0.25, -0.2) is 14.6 Å². The van der Waals surface area contributed by atoms with Crippen molar-refractivity contribution in [2.75, 3.05) is 35.8 Å². The van der Waals surface area contributed by atoms with Crippen molar-refractivity contribution in [3.05, 3.63) is 47.7 Å². The molecule has 0 saturated heterocycles. The summed E-state index contributed by atoms with van der Waals surface area (Å²) in [5.41, 5.74) is 3.56. The molecule has 2 N–H and O–H groups in total. The lowest BCUT2D eigenvalue weighted by Crippen LogP contribution is -2.31. The number of aryl methyl sites for hydroxylation is 1. The maximum atomic E-state index is 12.9. The summed E-state index contributed by atoms with van der Waals surface area (Å²) in [4.78, 5) is 36.3. The van der Waals surface area contributed by atoms with Crippen LogP contribution in [0.25, 0.3) is 5.69 Å². The van der Waals surface area contributed by atoms with Crippen molar-refractivity contribution in [1.29, 1.82) is 0 Å². The first-order chi connectivity index (χ1) is 16.9. The van der Waals surface area contributed by atoms with Crippen LogP contribution >= 0.6 is 0 Å². The van der Waals surface area contributed by atoms with E-state index in [0.717, 1.165) is 35.7 Å². The molecule has 3 aromatic rings. The van der Waals surface area contributed by atoms with Gasteiger partial charge in [0.05, 0.1) is 34.4 Å². The van der Waals surface area contributed by atoms with E-state index in [2.05, 4.69) is 37.5 Å². The van der Waals surface area contributed by atoms with E-state index in [1.165, 1.54) is 6.20 Å². The molecule has 182 valence electrons. The normalized spacial score (nSPS) is 16.5. The van der Waals surface area contributed by atoms with Crippen LogP contribution in [0.4, 0.5) is 22.9 Å². The zero-order valence-corrected chi connectivity index (χ0v) is 20.3. The van der Waals surface area contributed by atoms with Gasteiger partial charge in [-0.1, -0.05) is 6.07 Å². The van der Waals surface area contributed by atoms with Gasteiger partial charge >= 0.3 is 0 Å². The maximum Gasteiger partial charge on any atom is 0.228 e. The highest BCUT2D eigenvalue weighted by Crippen LogP contribution is 2.42. The quantitative estimate of drug-likeness (QED) is 0.473. The van der Waals surface area contributed by atoms with Gasteiger partial charge in [0.2, 0.25) is 5.91 Å². The molecule has 1 aliphatic heterocycles. The van der Waals surface area contributed by atoms with Gasteiger partial charge in [0.25, 0.3) is 0 Å². The lowest BCUT2D eigenvalue weighted by atomic mass is 10.1. The van der Waals surface area contributed by atoms with E-state index in [4.69, 9.17) is 4.74 Å². The van der Waals surface area contributed by atoms with Crippen molar-refractivity contribution in [3.8, 4) is 5.69 Å². The van der Waals surface area contributed by atoms with Gasteiger partial charge in [0, 0.05) is 31.8 Å². The van der Waals surface area contributed by atoms with Gasteiger partial charge < -0.3 is 20.3 Å². The Morgan fingerprint density at radius 1 is 1.23 bits per heavy atom. The van der Waals surface area contributed by atoms with Crippen LogP contribution in [0.2, 0.25) is 0 Å². The molecule has 0 bridgehead atoms. The Morgan fingerprint density at radius 2 is 2.03 bits per heavy atom. The van der Waals surface area contributed by atoms with E-state index < -0.39 is 0 Å². The molecule has 2 aliphatic rings. The second-order valence-electron chi connectivity index (χ2n) is 8.95. The van der Waals surface area contributed by atoms with Gasteiger partial charge in [0.1, 0.15) is 18.2 Å². The number of hydrogen-bond donors (Lipinski definition) is 2. The highest BCUT2D eigenvalue weighted by molar-refractivity contribution is 6.04. The van der Waals surface area contributed by atoms with E-state index in [-0.39, 0.29) is 30.3 Å². The van der Waals surface area contributed by atoms with E-state index in [1.54, 1.807) is 6.07 Å². The summed E-state index contributed by atoms with van der Waals surface area (Å²) in [5.74, 6) is 1.79. The first-order valence-electron chi connectivity index (χ1n) is 11.9. The van der Waals surface area contributed by atoms with E-state index in [1.807, 2.05) is 43.8 Å². The molecule has 1 aliphatic carbocycles. The Hall–Kier alpha value is -3.79. The number of Topliss-reactive ketones (excluding diaryl/α,β-unsaturated/α-hetero) is 1. The Bertz CT molecular complexity index is 1300. The highest BCUT2D eigenvalue weighted by atomic mass is 16.5. The first-order valence-corrected chi connectivity index (χ1v) is 11.9. The third-order valence-electron chi connectivity index (χ3n) is 6.40. The number of ether oxygens (including phenoxy) is 1. The monoisotopic (exact) mass is 475 g/mol. The molecule has 10 nitrogen and oxygen atoms in total. The zero-order valence-electron chi connectivity index (χ0n) is 20.3. The average Bonchev–Trinajstić information content (AvgIpc) is 3.62.